The summed E-state index contributed by atoms with van der Waals surface area (Å²) >= 11 is 0. The second-order valence-corrected chi connectivity index (χ2v) is 22.5. The summed E-state index contributed by atoms with van der Waals surface area (Å²) in [5, 5.41) is 0. The van der Waals surface area contributed by atoms with E-state index < -0.39 is 26.5 Å². The maximum atomic E-state index is 12.8. The zero-order chi connectivity index (χ0) is 53.5. The lowest BCUT2D eigenvalue weighted by Crippen LogP contribution is -2.37. The number of rotatable bonds is 54. The minimum Gasteiger partial charge on any atom is -0.462 e. The Kier molecular flexibility index (Phi) is 51.9. The van der Waals surface area contributed by atoms with Gasteiger partial charge in [0, 0.05) is 12.8 Å². The number of carbonyl (C=O) groups is 2. The molecule has 10 heteroatoms. The van der Waals surface area contributed by atoms with Crippen LogP contribution in [0.4, 0.5) is 0 Å². The van der Waals surface area contributed by atoms with Crippen LogP contribution in [0.1, 0.15) is 251 Å². The van der Waals surface area contributed by atoms with Crippen molar-refractivity contribution in [1.82, 2.24) is 0 Å². The van der Waals surface area contributed by atoms with Crippen LogP contribution in [0.3, 0.4) is 0 Å². The van der Waals surface area contributed by atoms with Crippen molar-refractivity contribution in [2.75, 3.05) is 47.5 Å². The number of phosphoric ester groups is 1. The molecule has 0 aromatic carbocycles. The number of hydrogen-bond acceptors (Lipinski definition) is 7. The minimum absolute atomic E-state index is 0.0274. The Balaban J connectivity index is 4.07. The van der Waals surface area contributed by atoms with Crippen molar-refractivity contribution >= 4 is 19.8 Å². The molecule has 2 unspecified atom stereocenters. The van der Waals surface area contributed by atoms with Crippen molar-refractivity contribution in [3.8, 4) is 0 Å². The summed E-state index contributed by atoms with van der Waals surface area (Å²) in [6, 6.07) is 0. The highest BCUT2D eigenvalue weighted by Crippen LogP contribution is 2.43. The molecule has 0 fully saturated rings. The first-order chi connectivity index (χ1) is 35.5. The fraction of sp³-hybridized carbons (Fsp3) is 0.746. The van der Waals surface area contributed by atoms with Gasteiger partial charge in [0.05, 0.1) is 27.7 Å². The standard InChI is InChI=1S/C63H112NO8P/c1-6-8-10-12-14-16-18-20-22-24-25-26-27-28-29-30-31-32-33-34-35-36-37-38-39-40-42-44-46-48-50-52-54-56-63(66)72-61(60-71-73(67,68)70-58-57-64(3,4)5)59-69-62(65)55-53-51-49-47-45-43-41-23-21-19-17-15-13-11-9-7-2/h8,10,14,16-17,19-20,22-23,25-26,28-29,41,61H,6-7,9,11-13,15,18,21,24,27,30-40,42-60H2,1-5H3/p+1/b10-8-,16-14-,19-17-,22-20-,26-25-,29-28-,41-23-. The van der Waals surface area contributed by atoms with E-state index in [9.17, 15) is 19.0 Å². The van der Waals surface area contributed by atoms with E-state index in [-0.39, 0.29) is 32.0 Å². The zero-order valence-electron chi connectivity index (χ0n) is 47.9. The molecule has 0 rings (SSSR count). The lowest BCUT2D eigenvalue weighted by atomic mass is 10.0. The Morgan fingerprint density at radius 2 is 0.781 bits per heavy atom. The third-order valence-electron chi connectivity index (χ3n) is 12.7. The predicted octanol–water partition coefficient (Wildman–Crippen LogP) is 18.6. The third-order valence-corrected chi connectivity index (χ3v) is 13.6. The quantitative estimate of drug-likeness (QED) is 0.0211. The first kappa shape index (κ1) is 70.2. The van der Waals surface area contributed by atoms with E-state index in [4.69, 9.17) is 18.5 Å². The number of unbranched alkanes of at least 4 members (excludes halogenated alkanes) is 26. The zero-order valence-corrected chi connectivity index (χ0v) is 48.7. The van der Waals surface area contributed by atoms with E-state index in [0.717, 1.165) is 89.9 Å². The van der Waals surface area contributed by atoms with Gasteiger partial charge in [-0.2, -0.15) is 0 Å². The Hall–Kier alpha value is -2.81. The van der Waals surface area contributed by atoms with Crippen LogP contribution in [0.5, 0.6) is 0 Å². The van der Waals surface area contributed by atoms with Crippen molar-refractivity contribution in [1.29, 1.82) is 0 Å². The molecule has 0 aliphatic carbocycles. The molecule has 0 saturated heterocycles. The van der Waals surface area contributed by atoms with Crippen LogP contribution >= 0.6 is 7.82 Å². The third kappa shape index (κ3) is 58.3. The van der Waals surface area contributed by atoms with Crippen LogP contribution in [-0.2, 0) is 32.7 Å². The van der Waals surface area contributed by atoms with Crippen molar-refractivity contribution in [2.45, 2.75) is 258 Å². The van der Waals surface area contributed by atoms with Crippen LogP contribution in [-0.4, -0.2) is 74.9 Å². The van der Waals surface area contributed by atoms with Crippen molar-refractivity contribution in [3.05, 3.63) is 85.1 Å². The number of likely N-dealkylation sites (N-methyl/N-ethyl adjacent to an activating group) is 1. The molecule has 9 nitrogen and oxygen atoms in total. The fourth-order valence-electron chi connectivity index (χ4n) is 8.07. The van der Waals surface area contributed by atoms with E-state index in [0.29, 0.717) is 17.4 Å². The van der Waals surface area contributed by atoms with Gasteiger partial charge in [-0.3, -0.25) is 18.6 Å². The average Bonchev–Trinajstić information content (AvgIpc) is 3.35. The Morgan fingerprint density at radius 1 is 0.438 bits per heavy atom. The molecule has 0 bridgehead atoms. The fourth-order valence-corrected chi connectivity index (χ4v) is 8.81. The molecular formula is C63H113NO8P+. The first-order valence-electron chi connectivity index (χ1n) is 29.8. The van der Waals surface area contributed by atoms with Gasteiger partial charge in [0.25, 0.3) is 0 Å². The van der Waals surface area contributed by atoms with Gasteiger partial charge in [-0.15, -0.1) is 0 Å². The van der Waals surface area contributed by atoms with Gasteiger partial charge in [-0.25, -0.2) is 4.57 Å². The van der Waals surface area contributed by atoms with Gasteiger partial charge in [-0.1, -0.05) is 234 Å². The summed E-state index contributed by atoms with van der Waals surface area (Å²) in [6.07, 6.45) is 72.3. The number of nitrogens with zero attached hydrogens (tertiary/aromatic N) is 1. The number of quaternary nitrogens is 1. The highest BCUT2D eigenvalue weighted by Gasteiger charge is 2.27. The summed E-state index contributed by atoms with van der Waals surface area (Å²) in [5.74, 6) is -0.810. The van der Waals surface area contributed by atoms with Gasteiger partial charge >= 0.3 is 19.8 Å². The maximum Gasteiger partial charge on any atom is 0.472 e. The van der Waals surface area contributed by atoms with Gasteiger partial charge < -0.3 is 18.9 Å². The van der Waals surface area contributed by atoms with E-state index in [1.807, 2.05) is 21.1 Å². The summed E-state index contributed by atoms with van der Waals surface area (Å²) in [5.41, 5.74) is 0. The number of allylic oxidation sites excluding steroid dienone is 14. The van der Waals surface area contributed by atoms with Gasteiger partial charge in [0.15, 0.2) is 6.10 Å². The molecule has 0 amide bonds. The van der Waals surface area contributed by atoms with Gasteiger partial charge in [0.1, 0.15) is 19.8 Å². The molecule has 0 spiro atoms. The molecular weight excluding hydrogens is 930 g/mol. The molecule has 422 valence electrons. The topological polar surface area (TPSA) is 108 Å². The summed E-state index contributed by atoms with van der Waals surface area (Å²) in [4.78, 5) is 35.7. The second-order valence-electron chi connectivity index (χ2n) is 21.0. The smallest absolute Gasteiger partial charge is 0.462 e. The van der Waals surface area contributed by atoms with Crippen molar-refractivity contribution in [2.24, 2.45) is 0 Å². The molecule has 0 aliphatic heterocycles. The van der Waals surface area contributed by atoms with Crippen LogP contribution in [0.25, 0.3) is 0 Å². The SMILES string of the molecule is CC/C=C\C/C=C\C/C=C\C/C=C\C/C=C\CCCCCCCCCCCCCCCCCCCC(=O)OC(COC(=O)CCCCCCC/C=C\C/C=C\CCCCCC)COP(=O)(O)OCC[N+](C)(C)C. The largest absolute Gasteiger partial charge is 0.472 e. The monoisotopic (exact) mass is 1040 g/mol. The molecule has 0 aromatic heterocycles. The van der Waals surface area contributed by atoms with E-state index in [2.05, 4.69) is 98.9 Å². The molecule has 0 radical (unpaired) electrons. The lowest BCUT2D eigenvalue weighted by molar-refractivity contribution is -0.870. The molecule has 0 aromatic rings. The van der Waals surface area contributed by atoms with Crippen LogP contribution in [0.2, 0.25) is 0 Å². The van der Waals surface area contributed by atoms with Crippen LogP contribution in [0, 0.1) is 0 Å². The second kappa shape index (κ2) is 54.0. The maximum absolute atomic E-state index is 12.8. The van der Waals surface area contributed by atoms with E-state index in [1.54, 1.807) is 0 Å². The lowest BCUT2D eigenvalue weighted by Gasteiger charge is -2.24. The number of carbonyl (C=O) groups excluding carboxylic acids is 2. The van der Waals surface area contributed by atoms with Crippen molar-refractivity contribution < 1.29 is 42.1 Å². The molecule has 73 heavy (non-hydrogen) atoms. The summed E-state index contributed by atoms with van der Waals surface area (Å²) < 4.78 is 34.5. The van der Waals surface area contributed by atoms with E-state index >= 15 is 0 Å². The van der Waals surface area contributed by atoms with Crippen LogP contribution in [0.15, 0.2) is 85.1 Å². The highest BCUT2D eigenvalue weighted by atomic mass is 31.2. The Bertz CT molecular complexity index is 1510. The number of esters is 2. The minimum atomic E-state index is -4.39. The summed E-state index contributed by atoms with van der Waals surface area (Å²) in [6.45, 7) is 4.30. The molecule has 0 saturated carbocycles. The van der Waals surface area contributed by atoms with Gasteiger partial charge in [0.2, 0.25) is 0 Å². The number of ether oxygens (including phenoxy) is 2. The van der Waals surface area contributed by atoms with Gasteiger partial charge in [-0.05, 0) is 89.9 Å². The molecule has 2 atom stereocenters. The number of phosphoric acid groups is 1. The highest BCUT2D eigenvalue weighted by molar-refractivity contribution is 7.47. The van der Waals surface area contributed by atoms with Crippen molar-refractivity contribution in [3.63, 3.8) is 0 Å². The predicted molar refractivity (Wildman–Crippen MR) is 312 cm³/mol. The van der Waals surface area contributed by atoms with Crippen LogP contribution < -0.4 is 0 Å². The summed E-state index contributed by atoms with van der Waals surface area (Å²) in [7, 11) is 1.47. The molecule has 1 N–H and O–H groups in total. The number of hydrogen-bond donors (Lipinski definition) is 1. The Labute approximate surface area is 450 Å². The first-order valence-corrected chi connectivity index (χ1v) is 31.3. The molecule has 0 heterocycles. The molecule has 0 aliphatic rings. The van der Waals surface area contributed by atoms with E-state index in [1.165, 1.54) is 128 Å². The normalized spacial score (nSPS) is 13.9. The average molecular weight is 1040 g/mol. The Morgan fingerprint density at radius 3 is 1.16 bits per heavy atom.